The zero-order valence-electron chi connectivity index (χ0n) is 11.4. The maximum absolute atomic E-state index is 6.23. The Labute approximate surface area is 131 Å². The number of pyridine rings is 1. The summed E-state index contributed by atoms with van der Waals surface area (Å²) in [5, 5.41) is -0.147. The summed E-state index contributed by atoms with van der Waals surface area (Å²) in [6.07, 6.45) is 4.41. The van der Waals surface area contributed by atoms with E-state index in [9.17, 15) is 0 Å². The van der Waals surface area contributed by atoms with Gasteiger partial charge in [0.15, 0.2) is 5.65 Å². The first kappa shape index (κ1) is 14.3. The lowest BCUT2D eigenvalue weighted by atomic mass is 10.4. The van der Waals surface area contributed by atoms with E-state index in [0.29, 0.717) is 6.61 Å². The SMILES string of the molecule is CC(Cl)c1nc2cc(Br)cnc2n1CCOCC1CC1. The van der Waals surface area contributed by atoms with Gasteiger partial charge < -0.3 is 9.30 Å². The lowest BCUT2D eigenvalue weighted by molar-refractivity contribution is 0.117. The van der Waals surface area contributed by atoms with Gasteiger partial charge in [0, 0.05) is 23.8 Å². The van der Waals surface area contributed by atoms with Crippen molar-refractivity contribution in [3.05, 3.63) is 22.6 Å². The number of rotatable bonds is 6. The number of aromatic nitrogens is 3. The van der Waals surface area contributed by atoms with Crippen molar-refractivity contribution in [2.75, 3.05) is 13.2 Å². The molecule has 2 aromatic heterocycles. The first-order valence-corrected chi connectivity index (χ1v) is 8.11. The second-order valence-corrected chi connectivity index (χ2v) is 6.82. The van der Waals surface area contributed by atoms with Gasteiger partial charge >= 0.3 is 0 Å². The van der Waals surface area contributed by atoms with Crippen molar-refractivity contribution >= 4 is 38.7 Å². The van der Waals surface area contributed by atoms with Crippen molar-refractivity contribution in [3.8, 4) is 0 Å². The van der Waals surface area contributed by atoms with Crippen LogP contribution in [0.4, 0.5) is 0 Å². The quantitative estimate of drug-likeness (QED) is 0.580. The van der Waals surface area contributed by atoms with E-state index in [2.05, 4.69) is 30.5 Å². The Balaban J connectivity index is 1.80. The van der Waals surface area contributed by atoms with Crippen molar-refractivity contribution in [3.63, 3.8) is 0 Å². The molecule has 1 unspecified atom stereocenters. The van der Waals surface area contributed by atoms with Crippen LogP contribution in [-0.2, 0) is 11.3 Å². The second kappa shape index (κ2) is 6.00. The first-order chi connectivity index (χ1) is 9.65. The van der Waals surface area contributed by atoms with Crippen molar-refractivity contribution in [1.29, 1.82) is 0 Å². The normalized spacial score (nSPS) is 16.8. The van der Waals surface area contributed by atoms with Crippen molar-refractivity contribution < 1.29 is 4.74 Å². The van der Waals surface area contributed by atoms with Crippen LogP contribution < -0.4 is 0 Å². The molecule has 0 saturated heterocycles. The highest BCUT2D eigenvalue weighted by Gasteiger charge is 2.21. The Bertz CT molecular complexity index is 610. The lowest BCUT2D eigenvalue weighted by Crippen LogP contribution is -2.11. The Kier molecular flexibility index (Phi) is 4.29. The van der Waals surface area contributed by atoms with Gasteiger partial charge in [-0.05, 0) is 47.7 Å². The monoisotopic (exact) mass is 357 g/mol. The molecule has 2 aromatic rings. The molecule has 0 aliphatic heterocycles. The Hall–Kier alpha value is -0.650. The molecule has 0 bridgehead atoms. The molecule has 1 aliphatic rings. The van der Waals surface area contributed by atoms with Crippen LogP contribution in [0.3, 0.4) is 0 Å². The van der Waals surface area contributed by atoms with Crippen molar-refractivity contribution in [1.82, 2.24) is 14.5 Å². The van der Waals surface area contributed by atoms with E-state index in [0.717, 1.165) is 40.5 Å². The van der Waals surface area contributed by atoms with Crippen LogP contribution in [0.25, 0.3) is 11.2 Å². The van der Waals surface area contributed by atoms with Gasteiger partial charge in [-0.1, -0.05) is 0 Å². The van der Waals surface area contributed by atoms with E-state index in [4.69, 9.17) is 16.3 Å². The number of hydrogen-bond acceptors (Lipinski definition) is 3. The number of fused-ring (bicyclic) bond motifs is 1. The van der Waals surface area contributed by atoms with E-state index in [1.807, 2.05) is 13.0 Å². The minimum Gasteiger partial charge on any atom is -0.379 e. The van der Waals surface area contributed by atoms with Crippen LogP contribution in [0.2, 0.25) is 0 Å². The number of alkyl halides is 1. The highest BCUT2D eigenvalue weighted by Crippen LogP contribution is 2.29. The fourth-order valence-corrected chi connectivity index (χ4v) is 2.70. The Morgan fingerprint density at radius 2 is 2.35 bits per heavy atom. The van der Waals surface area contributed by atoms with E-state index in [1.54, 1.807) is 6.20 Å². The van der Waals surface area contributed by atoms with Gasteiger partial charge in [0.1, 0.15) is 11.3 Å². The molecule has 0 radical (unpaired) electrons. The fourth-order valence-electron chi connectivity index (χ4n) is 2.22. The van der Waals surface area contributed by atoms with Crippen molar-refractivity contribution in [2.24, 2.45) is 5.92 Å². The predicted octanol–water partition coefficient (Wildman–Crippen LogP) is 3.92. The molecule has 6 heteroatoms. The third kappa shape index (κ3) is 3.15. The average Bonchev–Trinajstić information content (AvgIpc) is 3.15. The van der Waals surface area contributed by atoms with Crippen LogP contribution in [0.1, 0.15) is 31.0 Å². The molecule has 1 aliphatic carbocycles. The number of nitrogens with zero attached hydrogens (tertiary/aromatic N) is 3. The van der Waals surface area contributed by atoms with Crippen LogP contribution in [-0.4, -0.2) is 27.7 Å². The van der Waals surface area contributed by atoms with Gasteiger partial charge in [0.05, 0.1) is 12.0 Å². The average molecular weight is 359 g/mol. The van der Waals surface area contributed by atoms with E-state index in [-0.39, 0.29) is 5.38 Å². The summed E-state index contributed by atoms with van der Waals surface area (Å²) in [6.45, 7) is 4.22. The van der Waals surface area contributed by atoms with E-state index in [1.165, 1.54) is 12.8 Å². The third-order valence-corrected chi connectivity index (χ3v) is 4.08. The zero-order valence-corrected chi connectivity index (χ0v) is 13.7. The molecule has 108 valence electrons. The van der Waals surface area contributed by atoms with Crippen LogP contribution in [0, 0.1) is 5.92 Å². The number of imidazole rings is 1. The maximum atomic E-state index is 6.23. The molecule has 20 heavy (non-hydrogen) atoms. The van der Waals surface area contributed by atoms with Gasteiger partial charge in [-0.2, -0.15) is 0 Å². The van der Waals surface area contributed by atoms with Crippen molar-refractivity contribution in [2.45, 2.75) is 31.7 Å². The van der Waals surface area contributed by atoms with Crippen LogP contribution >= 0.6 is 27.5 Å². The van der Waals surface area contributed by atoms with Gasteiger partial charge in [-0.15, -0.1) is 11.6 Å². The molecule has 0 N–H and O–H groups in total. The smallest absolute Gasteiger partial charge is 0.160 e. The maximum Gasteiger partial charge on any atom is 0.160 e. The number of halogens is 2. The third-order valence-electron chi connectivity index (χ3n) is 3.45. The molecule has 1 atom stereocenters. The highest BCUT2D eigenvalue weighted by molar-refractivity contribution is 9.10. The number of ether oxygens (including phenoxy) is 1. The van der Waals surface area contributed by atoms with Crippen LogP contribution in [0.5, 0.6) is 0 Å². The topological polar surface area (TPSA) is 39.9 Å². The molecular weight excluding hydrogens is 342 g/mol. The minimum absolute atomic E-state index is 0.147. The summed E-state index contributed by atoms with van der Waals surface area (Å²) >= 11 is 9.65. The molecular formula is C14H17BrClN3O. The molecule has 1 fully saturated rings. The standard InChI is InChI=1S/C14H17BrClN3O/c1-9(16)13-18-12-6-11(15)7-17-14(12)19(13)4-5-20-8-10-2-3-10/h6-7,9-10H,2-5,8H2,1H3. The van der Waals surface area contributed by atoms with Gasteiger partial charge in [-0.3, -0.25) is 0 Å². The molecule has 0 amide bonds. The number of hydrogen-bond donors (Lipinski definition) is 0. The summed E-state index contributed by atoms with van der Waals surface area (Å²) < 4.78 is 8.70. The second-order valence-electron chi connectivity index (χ2n) is 5.25. The molecule has 4 nitrogen and oxygen atoms in total. The van der Waals surface area contributed by atoms with E-state index >= 15 is 0 Å². The summed E-state index contributed by atoms with van der Waals surface area (Å²) in [5.41, 5.74) is 1.73. The summed E-state index contributed by atoms with van der Waals surface area (Å²) in [6, 6.07) is 1.96. The fraction of sp³-hybridized carbons (Fsp3) is 0.571. The van der Waals surface area contributed by atoms with E-state index < -0.39 is 0 Å². The summed E-state index contributed by atoms with van der Waals surface area (Å²) in [4.78, 5) is 9.03. The molecule has 0 spiro atoms. The molecule has 3 rings (SSSR count). The first-order valence-electron chi connectivity index (χ1n) is 6.88. The Morgan fingerprint density at radius 3 is 3.05 bits per heavy atom. The lowest BCUT2D eigenvalue weighted by Gasteiger charge is -2.10. The van der Waals surface area contributed by atoms with Gasteiger partial charge in [0.2, 0.25) is 0 Å². The van der Waals surface area contributed by atoms with Crippen LogP contribution in [0.15, 0.2) is 16.7 Å². The zero-order chi connectivity index (χ0) is 14.1. The minimum atomic E-state index is -0.147. The highest BCUT2D eigenvalue weighted by atomic mass is 79.9. The summed E-state index contributed by atoms with van der Waals surface area (Å²) in [7, 11) is 0. The summed E-state index contributed by atoms with van der Waals surface area (Å²) in [5.74, 6) is 1.64. The molecule has 2 heterocycles. The Morgan fingerprint density at radius 1 is 1.55 bits per heavy atom. The predicted molar refractivity (Wildman–Crippen MR) is 83.0 cm³/mol. The largest absolute Gasteiger partial charge is 0.379 e. The van der Waals surface area contributed by atoms with Gasteiger partial charge in [-0.25, -0.2) is 9.97 Å². The molecule has 0 aromatic carbocycles. The molecule has 1 saturated carbocycles. The van der Waals surface area contributed by atoms with Gasteiger partial charge in [0.25, 0.3) is 0 Å².